The third-order valence-corrected chi connectivity index (χ3v) is 5.61. The van der Waals surface area contributed by atoms with E-state index in [1.165, 1.54) is 18.2 Å². The first-order chi connectivity index (χ1) is 14.5. The quantitative estimate of drug-likeness (QED) is 0.641. The van der Waals surface area contributed by atoms with Gasteiger partial charge in [-0.05, 0) is 42.7 Å². The third-order valence-electron chi connectivity index (χ3n) is 5.32. The molecule has 1 fully saturated rings. The number of halogens is 2. The highest BCUT2D eigenvalue weighted by Crippen LogP contribution is 2.24. The van der Waals surface area contributed by atoms with Crippen LogP contribution >= 0.6 is 11.6 Å². The molecule has 2 aromatic heterocycles. The molecule has 1 aromatic carbocycles. The fraction of sp³-hybridized carbons (Fsp3) is 0.381. The Labute approximate surface area is 178 Å². The monoisotopic (exact) mass is 431 g/mol. The van der Waals surface area contributed by atoms with Crippen LogP contribution in [0.5, 0.6) is 0 Å². The first-order valence-corrected chi connectivity index (χ1v) is 10.2. The molecule has 1 atom stereocenters. The topological polar surface area (TPSA) is 72.3 Å². The largest absolute Gasteiger partial charge is 0.383 e. The van der Waals surface area contributed by atoms with Crippen LogP contribution in [0, 0.1) is 11.7 Å². The number of nitrogens with one attached hydrogen (secondary N) is 1. The standard InChI is InChI=1S/C21H23ClFN5O2/c1-30-10-9-28-19(26-18-3-2-7-24-20(18)28)11-14-6-8-27(13-14)21(29)25-15-4-5-17(23)16(22)12-15/h2-5,7,12,14H,6,8-11,13H2,1H3,(H,25,29)/t14-/m1/s1. The van der Waals surface area contributed by atoms with E-state index in [1.807, 2.05) is 12.1 Å². The summed E-state index contributed by atoms with van der Waals surface area (Å²) in [5.74, 6) is 0.741. The van der Waals surface area contributed by atoms with Crippen molar-refractivity contribution in [2.45, 2.75) is 19.4 Å². The first kappa shape index (κ1) is 20.6. The number of hydrogen-bond donors (Lipinski definition) is 1. The molecule has 1 aliphatic heterocycles. The molecule has 0 bridgehead atoms. The number of benzene rings is 1. The van der Waals surface area contributed by atoms with Crippen LogP contribution in [0.25, 0.3) is 11.2 Å². The number of amides is 2. The van der Waals surface area contributed by atoms with Crippen molar-refractivity contribution in [1.29, 1.82) is 0 Å². The lowest BCUT2D eigenvalue weighted by molar-refractivity contribution is 0.187. The number of imidazole rings is 1. The Morgan fingerprint density at radius 2 is 2.27 bits per heavy atom. The summed E-state index contributed by atoms with van der Waals surface area (Å²) in [7, 11) is 1.67. The summed E-state index contributed by atoms with van der Waals surface area (Å²) in [5.41, 5.74) is 2.19. The predicted octanol–water partition coefficient (Wildman–Crippen LogP) is 3.97. The van der Waals surface area contributed by atoms with Gasteiger partial charge in [-0.15, -0.1) is 0 Å². The predicted molar refractivity (Wildman–Crippen MR) is 113 cm³/mol. The van der Waals surface area contributed by atoms with Crippen LogP contribution in [-0.2, 0) is 17.7 Å². The minimum absolute atomic E-state index is 0.0179. The normalized spacial score (nSPS) is 16.4. The number of urea groups is 1. The summed E-state index contributed by atoms with van der Waals surface area (Å²) in [5, 5.41) is 2.77. The van der Waals surface area contributed by atoms with Gasteiger partial charge in [0.05, 0.1) is 11.6 Å². The van der Waals surface area contributed by atoms with Gasteiger partial charge in [-0.2, -0.15) is 0 Å². The SMILES string of the molecule is COCCn1c(C[C@H]2CCN(C(=O)Nc3ccc(F)c(Cl)c3)C2)nc2cccnc21. The zero-order valence-electron chi connectivity index (χ0n) is 16.6. The Bertz CT molecular complexity index is 1060. The molecule has 0 unspecified atom stereocenters. The fourth-order valence-corrected chi connectivity index (χ4v) is 3.98. The van der Waals surface area contributed by atoms with Crippen LogP contribution in [0.15, 0.2) is 36.5 Å². The van der Waals surface area contributed by atoms with Crippen molar-refractivity contribution in [3.8, 4) is 0 Å². The Hall–Kier alpha value is -2.71. The number of anilines is 1. The van der Waals surface area contributed by atoms with Crippen LogP contribution in [0.4, 0.5) is 14.9 Å². The second-order valence-electron chi connectivity index (χ2n) is 7.38. The average Bonchev–Trinajstić information content (AvgIpc) is 3.34. The van der Waals surface area contributed by atoms with Crippen LogP contribution < -0.4 is 5.32 Å². The summed E-state index contributed by atoms with van der Waals surface area (Å²) in [6, 6.07) is 7.77. The number of fused-ring (bicyclic) bond motifs is 1. The Kier molecular flexibility index (Phi) is 6.15. The zero-order valence-corrected chi connectivity index (χ0v) is 17.4. The number of hydrogen-bond acceptors (Lipinski definition) is 4. The van der Waals surface area contributed by atoms with Crippen molar-refractivity contribution >= 4 is 34.5 Å². The maximum atomic E-state index is 13.3. The Morgan fingerprint density at radius 3 is 3.07 bits per heavy atom. The lowest BCUT2D eigenvalue weighted by Crippen LogP contribution is -2.33. The molecule has 1 aliphatic rings. The van der Waals surface area contributed by atoms with E-state index >= 15 is 0 Å². The van der Waals surface area contributed by atoms with Gasteiger partial charge >= 0.3 is 6.03 Å². The lowest BCUT2D eigenvalue weighted by atomic mass is 10.0. The maximum Gasteiger partial charge on any atom is 0.321 e. The van der Waals surface area contributed by atoms with Gasteiger partial charge in [0.25, 0.3) is 0 Å². The van der Waals surface area contributed by atoms with Gasteiger partial charge in [0.1, 0.15) is 17.2 Å². The molecule has 3 heterocycles. The molecular weight excluding hydrogens is 409 g/mol. The van der Waals surface area contributed by atoms with Gasteiger partial charge in [-0.1, -0.05) is 11.6 Å². The summed E-state index contributed by atoms with van der Waals surface area (Å²) in [6.07, 6.45) is 3.41. The molecule has 4 rings (SSSR count). The molecule has 0 spiro atoms. The maximum absolute atomic E-state index is 13.3. The van der Waals surface area contributed by atoms with Crippen LogP contribution in [0.1, 0.15) is 12.2 Å². The number of carbonyl (C=O) groups is 1. The number of likely N-dealkylation sites (tertiary alicyclic amines) is 1. The number of methoxy groups -OCH3 is 1. The van der Waals surface area contributed by atoms with Gasteiger partial charge in [0.2, 0.25) is 0 Å². The molecule has 0 saturated carbocycles. The van der Waals surface area contributed by atoms with Crippen molar-refractivity contribution in [3.63, 3.8) is 0 Å². The molecule has 3 aromatic rings. The number of ether oxygens (including phenoxy) is 1. The number of pyridine rings is 1. The summed E-state index contributed by atoms with van der Waals surface area (Å²) >= 11 is 5.79. The van der Waals surface area contributed by atoms with Crippen LogP contribution in [0.2, 0.25) is 5.02 Å². The molecule has 7 nitrogen and oxygen atoms in total. The molecule has 0 radical (unpaired) electrons. The van der Waals surface area contributed by atoms with Crippen molar-refractivity contribution in [2.24, 2.45) is 5.92 Å². The number of carbonyl (C=O) groups excluding carboxylic acids is 1. The van der Waals surface area contributed by atoms with Gasteiger partial charge in [0.15, 0.2) is 5.65 Å². The molecule has 2 amide bonds. The van der Waals surface area contributed by atoms with Crippen molar-refractivity contribution in [1.82, 2.24) is 19.4 Å². The molecule has 1 saturated heterocycles. The van der Waals surface area contributed by atoms with E-state index in [0.29, 0.717) is 37.8 Å². The van der Waals surface area contributed by atoms with Gasteiger partial charge in [-0.3, -0.25) is 0 Å². The Morgan fingerprint density at radius 1 is 1.40 bits per heavy atom. The van der Waals surface area contributed by atoms with E-state index in [1.54, 1.807) is 18.2 Å². The van der Waals surface area contributed by atoms with Gasteiger partial charge in [0, 0.05) is 45.0 Å². The van der Waals surface area contributed by atoms with Crippen molar-refractivity contribution < 1.29 is 13.9 Å². The van der Waals surface area contributed by atoms with E-state index < -0.39 is 5.82 Å². The van der Waals surface area contributed by atoms with E-state index in [9.17, 15) is 9.18 Å². The van der Waals surface area contributed by atoms with Crippen LogP contribution in [0.3, 0.4) is 0 Å². The van der Waals surface area contributed by atoms with Crippen molar-refractivity contribution in [3.05, 3.63) is 53.2 Å². The molecule has 9 heteroatoms. The number of nitrogens with zero attached hydrogens (tertiary/aromatic N) is 4. The highest BCUT2D eigenvalue weighted by molar-refractivity contribution is 6.31. The summed E-state index contributed by atoms with van der Waals surface area (Å²) < 4.78 is 20.6. The van der Waals surface area contributed by atoms with E-state index in [2.05, 4.69) is 14.9 Å². The Balaban J connectivity index is 1.42. The highest BCUT2D eigenvalue weighted by Gasteiger charge is 2.28. The lowest BCUT2D eigenvalue weighted by Gasteiger charge is -2.18. The van der Waals surface area contributed by atoms with Gasteiger partial charge < -0.3 is 19.5 Å². The van der Waals surface area contributed by atoms with E-state index in [4.69, 9.17) is 21.3 Å². The number of rotatable bonds is 6. The molecule has 158 valence electrons. The smallest absolute Gasteiger partial charge is 0.321 e. The molecule has 1 N–H and O–H groups in total. The summed E-state index contributed by atoms with van der Waals surface area (Å²) in [6.45, 7) is 2.54. The van der Waals surface area contributed by atoms with Gasteiger partial charge in [-0.25, -0.2) is 19.2 Å². The minimum Gasteiger partial charge on any atom is -0.383 e. The number of aromatic nitrogens is 3. The second-order valence-corrected chi connectivity index (χ2v) is 7.79. The average molecular weight is 432 g/mol. The zero-order chi connectivity index (χ0) is 21.1. The second kappa shape index (κ2) is 8.97. The molecular formula is C21H23ClFN5O2. The minimum atomic E-state index is -0.512. The summed E-state index contributed by atoms with van der Waals surface area (Å²) in [4.78, 5) is 23.6. The van der Waals surface area contributed by atoms with E-state index in [-0.39, 0.29) is 11.1 Å². The molecule has 30 heavy (non-hydrogen) atoms. The molecule has 0 aliphatic carbocycles. The fourth-order valence-electron chi connectivity index (χ4n) is 3.80. The van der Waals surface area contributed by atoms with Crippen LogP contribution in [-0.4, -0.2) is 52.3 Å². The van der Waals surface area contributed by atoms with Crippen molar-refractivity contribution in [2.75, 3.05) is 32.1 Å². The van der Waals surface area contributed by atoms with E-state index in [0.717, 1.165) is 29.8 Å². The third kappa shape index (κ3) is 4.39. The first-order valence-electron chi connectivity index (χ1n) is 9.85. The highest BCUT2D eigenvalue weighted by atomic mass is 35.5.